The van der Waals surface area contributed by atoms with Gasteiger partial charge in [-0.05, 0) is 75.5 Å². The molecule has 0 atom stereocenters. The van der Waals surface area contributed by atoms with E-state index in [1.165, 1.54) is 33.3 Å². The van der Waals surface area contributed by atoms with Gasteiger partial charge < -0.3 is 8.98 Å². The molecule has 4 heteroatoms. The third-order valence-electron chi connectivity index (χ3n) is 11.0. The van der Waals surface area contributed by atoms with Crippen LogP contribution in [0.3, 0.4) is 0 Å². The van der Waals surface area contributed by atoms with Crippen molar-refractivity contribution in [1.82, 2.24) is 14.5 Å². The molecule has 7 aromatic carbocycles. The molecule has 0 saturated heterocycles. The van der Waals surface area contributed by atoms with Crippen LogP contribution >= 0.6 is 0 Å². The van der Waals surface area contributed by atoms with Crippen LogP contribution in [0, 0.1) is 0 Å². The molecule has 0 saturated carbocycles. The van der Waals surface area contributed by atoms with Crippen molar-refractivity contribution >= 4 is 54.6 Å². The highest BCUT2D eigenvalue weighted by Crippen LogP contribution is 2.50. The second-order valence-corrected chi connectivity index (χ2v) is 14.2. The van der Waals surface area contributed by atoms with Gasteiger partial charge in [0.1, 0.15) is 11.1 Å². The molecular weight excluding hydrogens is 623 g/mol. The number of hydrogen-bond donors (Lipinski definition) is 0. The highest BCUT2D eigenvalue weighted by Gasteiger charge is 2.36. The zero-order valence-electron chi connectivity index (χ0n) is 28.2. The van der Waals surface area contributed by atoms with Crippen LogP contribution in [0.25, 0.3) is 94.1 Å². The van der Waals surface area contributed by atoms with Crippen LogP contribution in [0.2, 0.25) is 0 Å². The number of hydrogen-bond acceptors (Lipinski definition) is 3. The largest absolute Gasteiger partial charge is 0.454 e. The van der Waals surface area contributed by atoms with Crippen molar-refractivity contribution in [3.05, 3.63) is 163 Å². The highest BCUT2D eigenvalue weighted by atomic mass is 16.3. The molecule has 10 aromatic rings. The number of aromatic nitrogens is 3. The molecule has 0 fully saturated rings. The molecule has 51 heavy (non-hydrogen) atoms. The summed E-state index contributed by atoms with van der Waals surface area (Å²) in [5, 5.41) is 5.66. The van der Waals surface area contributed by atoms with Gasteiger partial charge in [0.2, 0.25) is 0 Å². The molecule has 0 unspecified atom stereocenters. The molecule has 0 aliphatic carbocycles. The number of benzene rings is 7. The standard InChI is InChI=1S/C47H31N3O/c1-47(2)37-21-11-20-36-43(37)50(44-35-18-6-8-23-41(35)51-45(36)44)40-25-24-30(27-38(40)47)29-14-9-15-31(26-29)42-34-17-5-7-22-39(34)48-46(49-42)33-19-10-13-28-12-3-4-16-32(28)33/h3-27H,1-2H3. The van der Waals surface area contributed by atoms with Crippen molar-refractivity contribution in [1.29, 1.82) is 0 Å². The average molecular weight is 654 g/mol. The summed E-state index contributed by atoms with van der Waals surface area (Å²) in [6.07, 6.45) is 0. The van der Waals surface area contributed by atoms with Crippen LogP contribution in [0.4, 0.5) is 0 Å². The zero-order valence-corrected chi connectivity index (χ0v) is 28.2. The van der Waals surface area contributed by atoms with Crippen LogP contribution in [0.5, 0.6) is 0 Å². The SMILES string of the molecule is CC1(C)c2cc(-c3cccc(-c4nc(-c5cccc6ccccc56)nc5ccccc45)c3)ccc2-n2c3c1cccc3c1oc3ccccc3c12. The monoisotopic (exact) mass is 653 g/mol. The first-order chi connectivity index (χ1) is 25.0. The van der Waals surface area contributed by atoms with E-state index >= 15 is 0 Å². The Morgan fingerprint density at radius 3 is 2.16 bits per heavy atom. The summed E-state index contributed by atoms with van der Waals surface area (Å²) in [6.45, 7) is 4.69. The fraction of sp³-hybridized carbons (Fsp3) is 0.0638. The van der Waals surface area contributed by atoms with E-state index in [-0.39, 0.29) is 5.41 Å². The molecule has 1 aliphatic rings. The van der Waals surface area contributed by atoms with E-state index < -0.39 is 0 Å². The minimum atomic E-state index is -0.222. The summed E-state index contributed by atoms with van der Waals surface area (Å²) in [5.41, 5.74) is 14.1. The maximum atomic E-state index is 6.52. The van der Waals surface area contributed by atoms with E-state index in [2.05, 4.69) is 158 Å². The van der Waals surface area contributed by atoms with Crippen LogP contribution in [0.1, 0.15) is 25.0 Å². The smallest absolute Gasteiger partial charge is 0.161 e. The first-order valence-corrected chi connectivity index (χ1v) is 17.5. The Labute approximate surface area is 294 Å². The van der Waals surface area contributed by atoms with Crippen LogP contribution in [0.15, 0.2) is 156 Å². The summed E-state index contributed by atoms with van der Waals surface area (Å²) >= 11 is 0. The van der Waals surface area contributed by atoms with Gasteiger partial charge in [-0.2, -0.15) is 0 Å². The highest BCUT2D eigenvalue weighted by molar-refractivity contribution is 6.18. The second-order valence-electron chi connectivity index (χ2n) is 14.2. The molecule has 0 spiro atoms. The van der Waals surface area contributed by atoms with Gasteiger partial charge in [0.05, 0.1) is 22.4 Å². The lowest BCUT2D eigenvalue weighted by Gasteiger charge is -2.35. The van der Waals surface area contributed by atoms with Crippen LogP contribution in [-0.2, 0) is 5.41 Å². The van der Waals surface area contributed by atoms with Gasteiger partial charge in [-0.3, -0.25) is 0 Å². The summed E-state index contributed by atoms with van der Waals surface area (Å²) in [7, 11) is 0. The maximum Gasteiger partial charge on any atom is 0.161 e. The van der Waals surface area contributed by atoms with Gasteiger partial charge in [-0.25, -0.2) is 9.97 Å². The Balaban J connectivity index is 1.10. The summed E-state index contributed by atoms with van der Waals surface area (Å²) in [4.78, 5) is 10.4. The van der Waals surface area contributed by atoms with Crippen molar-refractivity contribution in [2.45, 2.75) is 19.3 Å². The number of fused-ring (bicyclic) bond motifs is 9. The average Bonchev–Trinajstić information content (AvgIpc) is 3.72. The first-order valence-electron chi connectivity index (χ1n) is 17.5. The molecule has 0 radical (unpaired) electrons. The fourth-order valence-electron chi connectivity index (χ4n) is 8.50. The lowest BCUT2D eigenvalue weighted by Crippen LogP contribution is -2.26. The Bertz CT molecular complexity index is 3070. The molecule has 11 rings (SSSR count). The molecule has 4 nitrogen and oxygen atoms in total. The Hall–Kier alpha value is -6.52. The molecule has 0 bridgehead atoms. The lowest BCUT2D eigenvalue weighted by molar-refractivity contribution is 0.630. The molecule has 240 valence electrons. The van der Waals surface area contributed by atoms with Gasteiger partial charge in [-0.15, -0.1) is 0 Å². The topological polar surface area (TPSA) is 43.9 Å². The summed E-state index contributed by atoms with van der Waals surface area (Å²) in [6, 6.07) is 53.9. The molecule has 0 N–H and O–H groups in total. The molecule has 3 aromatic heterocycles. The van der Waals surface area contributed by atoms with Crippen molar-refractivity contribution in [3.8, 4) is 39.5 Å². The number of rotatable bonds is 3. The van der Waals surface area contributed by atoms with Gasteiger partial charge in [0.15, 0.2) is 11.4 Å². The normalized spacial score (nSPS) is 13.5. The van der Waals surface area contributed by atoms with E-state index in [9.17, 15) is 0 Å². The van der Waals surface area contributed by atoms with Crippen LogP contribution < -0.4 is 0 Å². The van der Waals surface area contributed by atoms with E-state index in [1.807, 2.05) is 12.1 Å². The van der Waals surface area contributed by atoms with Crippen molar-refractivity contribution < 1.29 is 4.42 Å². The van der Waals surface area contributed by atoms with Crippen molar-refractivity contribution in [3.63, 3.8) is 0 Å². The predicted octanol–water partition coefficient (Wildman–Crippen LogP) is 12.3. The summed E-state index contributed by atoms with van der Waals surface area (Å²) < 4.78 is 8.96. The van der Waals surface area contributed by atoms with E-state index in [0.717, 1.165) is 72.0 Å². The van der Waals surface area contributed by atoms with E-state index in [4.69, 9.17) is 14.4 Å². The molecule has 4 heterocycles. The van der Waals surface area contributed by atoms with Crippen molar-refractivity contribution in [2.75, 3.05) is 0 Å². The Morgan fingerprint density at radius 1 is 0.529 bits per heavy atom. The van der Waals surface area contributed by atoms with Crippen LogP contribution in [-0.4, -0.2) is 14.5 Å². The third-order valence-corrected chi connectivity index (χ3v) is 11.0. The molecule has 0 amide bonds. The summed E-state index contributed by atoms with van der Waals surface area (Å²) in [5.74, 6) is 0.733. The lowest BCUT2D eigenvalue weighted by atomic mass is 9.74. The Morgan fingerprint density at radius 2 is 1.24 bits per heavy atom. The Kier molecular flexibility index (Phi) is 5.70. The van der Waals surface area contributed by atoms with Gasteiger partial charge in [0, 0.05) is 32.7 Å². The van der Waals surface area contributed by atoms with Gasteiger partial charge in [0.25, 0.3) is 0 Å². The minimum absolute atomic E-state index is 0.222. The second kappa shape index (κ2) is 10.3. The minimum Gasteiger partial charge on any atom is -0.454 e. The fourth-order valence-corrected chi connectivity index (χ4v) is 8.50. The number of para-hydroxylation sites is 3. The van der Waals surface area contributed by atoms with Gasteiger partial charge in [-0.1, -0.05) is 123 Å². The van der Waals surface area contributed by atoms with Crippen molar-refractivity contribution in [2.24, 2.45) is 0 Å². The first kappa shape index (κ1) is 28.3. The van der Waals surface area contributed by atoms with E-state index in [0.29, 0.717) is 0 Å². The predicted molar refractivity (Wildman–Crippen MR) is 210 cm³/mol. The third kappa shape index (κ3) is 3.96. The van der Waals surface area contributed by atoms with E-state index in [1.54, 1.807) is 0 Å². The molecular formula is C47H31N3O. The number of furan rings is 1. The quantitative estimate of drug-likeness (QED) is 0.191. The number of nitrogens with zero attached hydrogens (tertiary/aromatic N) is 3. The maximum absolute atomic E-state index is 6.52. The van der Waals surface area contributed by atoms with Gasteiger partial charge >= 0.3 is 0 Å². The molecule has 1 aliphatic heterocycles. The zero-order chi connectivity index (χ0) is 33.8.